The van der Waals surface area contributed by atoms with E-state index >= 15 is 0 Å². The number of nitrogens with one attached hydrogen (secondary N) is 2. The summed E-state index contributed by atoms with van der Waals surface area (Å²) in [6, 6.07) is 1.80. The molecule has 0 bridgehead atoms. The molecule has 0 aliphatic heterocycles. The molecule has 1 amide bonds. The molecule has 0 spiro atoms. The predicted molar refractivity (Wildman–Crippen MR) is 96.3 cm³/mol. The van der Waals surface area contributed by atoms with Crippen LogP contribution in [0.2, 0.25) is 0 Å². The van der Waals surface area contributed by atoms with E-state index < -0.39 is 0 Å². The first kappa shape index (κ1) is 16.6. The van der Waals surface area contributed by atoms with Gasteiger partial charge in [-0.2, -0.15) is 0 Å². The van der Waals surface area contributed by atoms with E-state index in [1.54, 1.807) is 23.0 Å². The molecule has 0 radical (unpaired) electrons. The molecule has 2 aromatic heterocycles. The minimum atomic E-state index is -0.151. The molecule has 1 aliphatic carbocycles. The van der Waals surface area contributed by atoms with Crippen molar-refractivity contribution in [3.63, 3.8) is 0 Å². The molecule has 2 N–H and O–H groups in total. The van der Waals surface area contributed by atoms with Crippen LogP contribution in [-0.4, -0.2) is 21.0 Å². The van der Waals surface area contributed by atoms with Crippen molar-refractivity contribution in [2.24, 2.45) is 0 Å². The quantitative estimate of drug-likeness (QED) is 0.846. The van der Waals surface area contributed by atoms with Crippen molar-refractivity contribution in [2.75, 3.05) is 0 Å². The summed E-state index contributed by atoms with van der Waals surface area (Å²) in [5.41, 5.74) is 0.791. The molecule has 2 aromatic rings. The predicted octanol–water partition coefficient (Wildman–Crippen LogP) is 3.36. The number of hydrogen-bond donors (Lipinski definition) is 2. The number of carbonyl (C=O) groups excluding carboxylic acids is 1. The van der Waals surface area contributed by atoms with E-state index in [1.807, 2.05) is 19.1 Å². The highest BCUT2D eigenvalue weighted by Crippen LogP contribution is 2.28. The summed E-state index contributed by atoms with van der Waals surface area (Å²) in [5, 5.41) is 3.90. The number of carbonyl (C=O) groups is 1. The van der Waals surface area contributed by atoms with Crippen molar-refractivity contribution in [3.8, 4) is 0 Å². The smallest absolute Gasteiger partial charge is 0.275 e. The first-order chi connectivity index (χ1) is 11.5. The molecule has 0 saturated heterocycles. The van der Waals surface area contributed by atoms with Crippen LogP contribution in [0.15, 0.2) is 35.4 Å². The molecule has 1 saturated carbocycles. The fraction of sp³-hybridized carbons (Fsp3) is 0.474. The van der Waals surface area contributed by atoms with Crippen molar-refractivity contribution in [2.45, 2.75) is 58.0 Å². The van der Waals surface area contributed by atoms with Gasteiger partial charge < -0.3 is 14.9 Å². The van der Waals surface area contributed by atoms with E-state index in [9.17, 15) is 9.59 Å². The van der Waals surface area contributed by atoms with Gasteiger partial charge in [-0.15, -0.1) is 0 Å². The lowest BCUT2D eigenvalue weighted by atomic mass is 9.83. The first-order valence-corrected chi connectivity index (χ1v) is 8.68. The highest BCUT2D eigenvalue weighted by Gasteiger charge is 2.29. The van der Waals surface area contributed by atoms with Gasteiger partial charge in [-0.3, -0.25) is 9.59 Å². The topological polar surface area (TPSA) is 66.9 Å². The van der Waals surface area contributed by atoms with Crippen molar-refractivity contribution in [1.29, 1.82) is 0 Å². The molecular weight excluding hydrogens is 302 g/mol. The summed E-state index contributed by atoms with van der Waals surface area (Å²) in [6.07, 6.45) is 12.7. The van der Waals surface area contributed by atoms with E-state index in [0.717, 1.165) is 25.7 Å². The lowest BCUT2D eigenvalue weighted by Gasteiger charge is -2.34. The number of amides is 1. The van der Waals surface area contributed by atoms with Gasteiger partial charge in [0.2, 0.25) is 0 Å². The summed E-state index contributed by atoms with van der Waals surface area (Å²) in [4.78, 5) is 28.4. The van der Waals surface area contributed by atoms with Gasteiger partial charge in [0.25, 0.3) is 11.5 Å². The van der Waals surface area contributed by atoms with Crippen molar-refractivity contribution in [1.82, 2.24) is 14.9 Å². The SMILES string of the molecule is C/C=C/Cn1cc(C(=O)NC2(C)CCCCC2)c2cc[nH]c2c1=O. The van der Waals surface area contributed by atoms with Gasteiger partial charge in [0.05, 0.1) is 5.56 Å². The minimum Gasteiger partial charge on any atom is -0.357 e. The summed E-state index contributed by atoms with van der Waals surface area (Å²) in [5.74, 6) is -0.0989. The summed E-state index contributed by atoms with van der Waals surface area (Å²) >= 11 is 0. The minimum absolute atomic E-state index is 0.0989. The molecule has 3 rings (SSSR count). The third-order valence-corrected chi connectivity index (χ3v) is 4.95. The van der Waals surface area contributed by atoms with Gasteiger partial charge in [-0.25, -0.2) is 0 Å². The van der Waals surface area contributed by atoms with Crippen molar-refractivity contribution >= 4 is 16.8 Å². The van der Waals surface area contributed by atoms with Gasteiger partial charge in [0.15, 0.2) is 0 Å². The van der Waals surface area contributed by atoms with Gasteiger partial charge in [0.1, 0.15) is 5.52 Å². The first-order valence-electron chi connectivity index (χ1n) is 8.68. The normalized spacial score (nSPS) is 17.4. The number of H-pyrrole nitrogens is 1. The second kappa shape index (κ2) is 6.67. The Bertz CT molecular complexity index is 823. The third kappa shape index (κ3) is 3.16. The summed E-state index contributed by atoms with van der Waals surface area (Å²) in [7, 11) is 0. The number of hydrogen-bond acceptors (Lipinski definition) is 2. The lowest BCUT2D eigenvalue weighted by molar-refractivity contribution is 0.0883. The number of allylic oxidation sites excluding steroid dienone is 2. The Balaban J connectivity index is 1.98. The molecule has 2 heterocycles. The Kier molecular flexibility index (Phi) is 4.60. The Morgan fingerprint density at radius 2 is 2.12 bits per heavy atom. The summed E-state index contributed by atoms with van der Waals surface area (Å²) < 4.78 is 1.58. The fourth-order valence-electron chi connectivity index (χ4n) is 3.53. The Hall–Kier alpha value is -2.30. The Morgan fingerprint density at radius 3 is 2.83 bits per heavy atom. The van der Waals surface area contributed by atoms with E-state index in [4.69, 9.17) is 0 Å². The van der Waals surface area contributed by atoms with Gasteiger partial charge >= 0.3 is 0 Å². The van der Waals surface area contributed by atoms with Crippen LogP contribution in [0.5, 0.6) is 0 Å². The average molecular weight is 327 g/mol. The highest BCUT2D eigenvalue weighted by atomic mass is 16.2. The van der Waals surface area contributed by atoms with Crippen LogP contribution in [-0.2, 0) is 6.54 Å². The Morgan fingerprint density at radius 1 is 1.38 bits per heavy atom. The maximum atomic E-state index is 12.9. The molecule has 128 valence electrons. The standard InChI is InChI=1S/C19H25N3O2/c1-3-4-12-22-13-15(14-8-11-20-16(14)18(22)24)17(23)21-19(2)9-6-5-7-10-19/h3-4,8,11,13,20H,5-7,9-10,12H2,1-2H3,(H,21,23)/b4-3+. The van der Waals surface area contributed by atoms with E-state index in [1.165, 1.54) is 6.42 Å². The van der Waals surface area contributed by atoms with Gasteiger partial charge in [0, 0.05) is 29.9 Å². The largest absolute Gasteiger partial charge is 0.357 e. The van der Waals surface area contributed by atoms with Crippen LogP contribution in [0.4, 0.5) is 0 Å². The van der Waals surface area contributed by atoms with Gasteiger partial charge in [-0.1, -0.05) is 31.4 Å². The number of nitrogens with zero attached hydrogens (tertiary/aromatic N) is 1. The number of rotatable bonds is 4. The average Bonchev–Trinajstić information content (AvgIpc) is 3.04. The van der Waals surface area contributed by atoms with Crippen LogP contribution < -0.4 is 10.9 Å². The van der Waals surface area contributed by atoms with Gasteiger partial charge in [-0.05, 0) is 32.8 Å². The number of aromatic amines is 1. The lowest BCUT2D eigenvalue weighted by Crippen LogP contribution is -2.47. The zero-order valence-electron chi connectivity index (χ0n) is 14.4. The molecule has 0 atom stereocenters. The fourth-order valence-corrected chi connectivity index (χ4v) is 3.53. The molecule has 0 aromatic carbocycles. The zero-order valence-corrected chi connectivity index (χ0v) is 14.4. The second-order valence-electron chi connectivity index (χ2n) is 6.91. The molecule has 5 nitrogen and oxygen atoms in total. The third-order valence-electron chi connectivity index (χ3n) is 4.95. The maximum absolute atomic E-state index is 12.9. The number of pyridine rings is 1. The molecule has 0 unspecified atom stereocenters. The van der Waals surface area contributed by atoms with Crippen LogP contribution in [0.3, 0.4) is 0 Å². The van der Waals surface area contributed by atoms with Crippen molar-refractivity contribution in [3.05, 3.63) is 46.5 Å². The highest BCUT2D eigenvalue weighted by molar-refractivity contribution is 6.06. The second-order valence-corrected chi connectivity index (χ2v) is 6.91. The van der Waals surface area contributed by atoms with Crippen LogP contribution in [0.25, 0.3) is 10.9 Å². The van der Waals surface area contributed by atoms with Crippen LogP contribution in [0.1, 0.15) is 56.3 Å². The molecular formula is C19H25N3O2. The molecule has 5 heteroatoms. The Labute approximate surface area is 141 Å². The van der Waals surface area contributed by atoms with E-state index in [0.29, 0.717) is 23.0 Å². The summed E-state index contributed by atoms with van der Waals surface area (Å²) in [6.45, 7) is 4.49. The van der Waals surface area contributed by atoms with E-state index in [2.05, 4.69) is 17.2 Å². The number of aromatic nitrogens is 2. The monoisotopic (exact) mass is 327 g/mol. The van der Waals surface area contributed by atoms with Crippen molar-refractivity contribution < 1.29 is 4.79 Å². The molecule has 1 fully saturated rings. The number of fused-ring (bicyclic) bond motifs is 1. The van der Waals surface area contributed by atoms with Crippen LogP contribution >= 0.6 is 0 Å². The zero-order chi connectivity index (χ0) is 17.2. The van der Waals surface area contributed by atoms with Crippen LogP contribution in [0, 0.1) is 0 Å². The maximum Gasteiger partial charge on any atom is 0.275 e. The molecule has 24 heavy (non-hydrogen) atoms. The van der Waals surface area contributed by atoms with E-state index in [-0.39, 0.29) is 17.0 Å². The molecule has 1 aliphatic rings.